The number of halogens is 1. The van der Waals surface area contributed by atoms with Crippen molar-refractivity contribution < 1.29 is 18.8 Å². The topological polar surface area (TPSA) is 77.4 Å². The molecule has 1 N–H and O–H groups in total. The Labute approximate surface area is 412 Å². The molecule has 348 valence electrons. The predicted octanol–water partition coefficient (Wildman–Crippen LogP) is 15.2. The summed E-state index contributed by atoms with van der Waals surface area (Å²) < 4.78 is 15.9. The Hall–Kier alpha value is -6.58. The molecule has 11 rings (SSSR count). The van der Waals surface area contributed by atoms with Crippen molar-refractivity contribution in [2.24, 2.45) is 11.8 Å². The Morgan fingerprint density at radius 3 is 1.97 bits per heavy atom. The van der Waals surface area contributed by atoms with Crippen LogP contribution in [-0.2, 0) is 6.54 Å². The molecule has 3 saturated heterocycles. The lowest BCUT2D eigenvalue weighted by Gasteiger charge is -2.58. The van der Waals surface area contributed by atoms with Gasteiger partial charge in [0.05, 0.1) is 24.2 Å². The first-order valence-electron chi connectivity index (χ1n) is 24.2. The zero-order valence-corrected chi connectivity index (χ0v) is 41.9. The van der Waals surface area contributed by atoms with Gasteiger partial charge in [-0.2, -0.15) is 4.98 Å². The Balaban J connectivity index is 1.19. The van der Waals surface area contributed by atoms with Crippen LogP contribution >= 0.6 is 11.6 Å². The maximum Gasteiger partial charge on any atom is 0.250 e. The summed E-state index contributed by atoms with van der Waals surface area (Å²) in [5.41, 5.74) is 9.69. The Morgan fingerprint density at radius 2 is 1.38 bits per heavy atom. The van der Waals surface area contributed by atoms with Gasteiger partial charge in [-0.05, 0) is 77.1 Å². The van der Waals surface area contributed by atoms with Gasteiger partial charge in [0.1, 0.15) is 29.2 Å². The van der Waals surface area contributed by atoms with Crippen LogP contribution in [0.4, 0.5) is 0 Å². The average Bonchev–Trinajstić information content (AvgIpc) is 3.36. The molecule has 2 aromatic heterocycles. The van der Waals surface area contributed by atoms with Crippen LogP contribution in [-0.4, -0.2) is 52.0 Å². The lowest BCUT2D eigenvalue weighted by molar-refractivity contribution is -0.984. The summed E-state index contributed by atoms with van der Waals surface area (Å²) in [4.78, 5) is 14.9. The molecule has 3 aliphatic rings. The number of ether oxygens (including phenoxy) is 1. The van der Waals surface area contributed by atoms with Gasteiger partial charge in [0.25, 0.3) is 8.32 Å². The van der Waals surface area contributed by atoms with Crippen molar-refractivity contribution in [3.8, 4) is 62.1 Å². The van der Waals surface area contributed by atoms with Crippen LogP contribution in [0.5, 0.6) is 17.4 Å². The van der Waals surface area contributed by atoms with Gasteiger partial charge < -0.3 is 18.8 Å². The molecule has 0 aliphatic carbocycles. The second kappa shape index (κ2) is 18.7. The van der Waals surface area contributed by atoms with Gasteiger partial charge in [0.15, 0.2) is 11.9 Å². The Bertz CT molecular complexity index is 3070. The summed E-state index contributed by atoms with van der Waals surface area (Å²) >= 11 is 7.30. The third-order valence-electron chi connectivity index (χ3n) is 15.2. The van der Waals surface area contributed by atoms with E-state index in [1.54, 1.807) is 6.07 Å². The number of aromatic nitrogens is 3. The lowest BCUT2D eigenvalue weighted by Crippen LogP contribution is -2.68. The molecule has 5 atom stereocenters. The molecule has 7 nitrogen and oxygen atoms in total. The summed E-state index contributed by atoms with van der Waals surface area (Å²) in [6.45, 7) is 18.6. The highest BCUT2D eigenvalue weighted by molar-refractivity contribution is 6.74. The zero-order chi connectivity index (χ0) is 47.9. The third-order valence-corrected chi connectivity index (χ3v) is 19.8. The monoisotopic (exact) mass is 947 g/mol. The summed E-state index contributed by atoms with van der Waals surface area (Å²) in [6, 6.07) is 53.6. The number of pyridine rings is 1. The number of benzene rings is 6. The van der Waals surface area contributed by atoms with Crippen molar-refractivity contribution in [3.63, 3.8) is 0 Å². The van der Waals surface area contributed by atoms with Crippen LogP contribution in [0, 0.1) is 11.8 Å². The molecule has 0 radical (unpaired) electrons. The molecular weight excluding hydrogens is 888 g/mol. The number of hydrogen-bond donors (Lipinski definition) is 1. The van der Waals surface area contributed by atoms with Crippen LogP contribution in [0.15, 0.2) is 177 Å². The van der Waals surface area contributed by atoms with E-state index in [-0.39, 0.29) is 16.8 Å². The van der Waals surface area contributed by atoms with E-state index in [1.807, 2.05) is 79.0 Å². The first-order chi connectivity index (χ1) is 33.3. The van der Waals surface area contributed by atoms with Crippen molar-refractivity contribution in [1.82, 2.24) is 15.0 Å². The normalized spacial score (nSPS) is 19.5. The van der Waals surface area contributed by atoms with Crippen molar-refractivity contribution in [2.45, 2.75) is 70.4 Å². The molecule has 69 heavy (non-hydrogen) atoms. The van der Waals surface area contributed by atoms with Gasteiger partial charge in [0, 0.05) is 58.2 Å². The number of phenols is 1. The lowest BCUT2D eigenvalue weighted by atomic mass is 9.71. The van der Waals surface area contributed by atoms with Crippen molar-refractivity contribution >= 4 is 30.8 Å². The molecule has 1 unspecified atom stereocenters. The van der Waals surface area contributed by atoms with E-state index in [0.717, 1.165) is 92.6 Å². The zero-order valence-electron chi connectivity index (χ0n) is 40.1. The van der Waals surface area contributed by atoms with Crippen LogP contribution < -0.4 is 9.16 Å². The maximum absolute atomic E-state index is 11.1. The standard InChI is InChI=1S/C60H59ClN4O3Si/c1-7-41-39-65(38-40-34-49(42-20-12-8-13-21-42)55(68-69(5,6)60(2,3)4)50(35-40)43-22-14-9-15-23-43)33-31-46(41)36-53(65)56(48-30-32-62-52-29-28-47(66)37-51(48)52)67-59-54(44-24-16-10-17-25-44)57(61)63-58(64-59)45-26-18-11-19-27-45/h7-30,32,34-35,37,41,46,53,56H,1,31,33,36,38-39H2,2-6H3/p+1/t41-,46-,53+,56-,65?/m0/s1. The Morgan fingerprint density at radius 1 is 0.783 bits per heavy atom. The number of quaternary nitrogens is 1. The van der Waals surface area contributed by atoms with Crippen molar-refractivity contribution in [2.75, 3.05) is 13.1 Å². The summed E-state index contributed by atoms with van der Waals surface area (Å²) in [7, 11) is -2.32. The number of aromatic hydroxyl groups is 1. The van der Waals surface area contributed by atoms with Gasteiger partial charge in [-0.25, -0.2) is 4.98 Å². The van der Waals surface area contributed by atoms with E-state index in [1.165, 1.54) is 5.56 Å². The number of hydrogen-bond acceptors (Lipinski definition) is 6. The average molecular weight is 949 g/mol. The smallest absolute Gasteiger partial charge is 0.250 e. The fourth-order valence-electron chi connectivity index (χ4n) is 10.6. The molecule has 8 aromatic rings. The highest BCUT2D eigenvalue weighted by atomic mass is 35.5. The van der Waals surface area contributed by atoms with Crippen molar-refractivity contribution in [3.05, 3.63) is 193 Å². The molecule has 3 aliphatic heterocycles. The van der Waals surface area contributed by atoms with Gasteiger partial charge in [-0.15, -0.1) is 6.58 Å². The number of phenolic OH excluding ortho intramolecular Hbond substituents is 1. The fourth-order valence-corrected chi connectivity index (χ4v) is 11.9. The fraction of sp³-hybridized carbons (Fsp3) is 0.250. The van der Waals surface area contributed by atoms with Crippen LogP contribution in [0.3, 0.4) is 0 Å². The minimum atomic E-state index is -2.32. The number of rotatable bonds is 13. The molecule has 0 saturated carbocycles. The van der Waals surface area contributed by atoms with E-state index < -0.39 is 14.4 Å². The highest BCUT2D eigenvalue weighted by Gasteiger charge is 2.55. The molecular formula is C60H60ClN4O3Si+. The van der Waals surface area contributed by atoms with E-state index in [4.69, 9.17) is 35.7 Å². The maximum atomic E-state index is 11.1. The minimum Gasteiger partial charge on any atom is -0.543 e. The largest absolute Gasteiger partial charge is 0.543 e. The van der Waals surface area contributed by atoms with E-state index in [9.17, 15) is 5.11 Å². The quantitative estimate of drug-likeness (QED) is 0.0537. The van der Waals surface area contributed by atoms with Gasteiger partial charge in [-0.3, -0.25) is 4.98 Å². The summed E-state index contributed by atoms with van der Waals surface area (Å²) in [6.07, 6.45) is 5.45. The summed E-state index contributed by atoms with van der Waals surface area (Å²) in [5.74, 6) is 2.71. The van der Waals surface area contributed by atoms with Crippen LogP contribution in [0.2, 0.25) is 23.3 Å². The first-order valence-corrected chi connectivity index (χ1v) is 27.5. The number of nitrogens with zero attached hydrogens (tertiary/aromatic N) is 4. The van der Waals surface area contributed by atoms with E-state index in [0.29, 0.717) is 34.3 Å². The van der Waals surface area contributed by atoms with Gasteiger partial charge >= 0.3 is 0 Å². The van der Waals surface area contributed by atoms with Crippen LogP contribution in [0.25, 0.3) is 55.7 Å². The molecule has 2 bridgehead atoms. The SMILES string of the molecule is C=C[C@H]1C[N+]2(Cc3cc(-c4ccccc4)c(O[Si](C)(C)C(C)(C)C)c(-c4ccccc4)c3)CC[C@H]1C[C@@H]2[C@@H](Oc1nc(-c2ccccc2)nc(Cl)c1-c1ccccc1)c1ccnc2ccc(O)cc12. The van der Waals surface area contributed by atoms with E-state index in [2.05, 4.69) is 125 Å². The third kappa shape index (κ3) is 9.09. The Kier molecular flexibility index (Phi) is 12.5. The second-order valence-electron chi connectivity index (χ2n) is 20.5. The number of fused-ring (bicyclic) bond motifs is 4. The first kappa shape index (κ1) is 46.2. The highest BCUT2D eigenvalue weighted by Crippen LogP contribution is 2.52. The molecule has 3 fully saturated rings. The second-order valence-corrected chi connectivity index (χ2v) is 25.6. The van der Waals surface area contributed by atoms with Gasteiger partial charge in [-0.1, -0.05) is 160 Å². The molecule has 0 spiro atoms. The van der Waals surface area contributed by atoms with Crippen molar-refractivity contribution in [1.29, 1.82) is 0 Å². The molecule has 5 heterocycles. The minimum absolute atomic E-state index is 0.0177. The van der Waals surface area contributed by atoms with Crippen LogP contribution in [0.1, 0.15) is 50.8 Å². The number of piperidine rings is 3. The predicted molar refractivity (Wildman–Crippen MR) is 284 cm³/mol. The molecule has 0 amide bonds. The molecule has 6 aromatic carbocycles. The summed E-state index contributed by atoms with van der Waals surface area (Å²) in [5, 5.41) is 12.2. The van der Waals surface area contributed by atoms with Gasteiger partial charge in [0.2, 0.25) is 5.88 Å². The molecule has 9 heteroatoms. The van der Waals surface area contributed by atoms with E-state index >= 15 is 0 Å².